The van der Waals surface area contributed by atoms with E-state index in [0.29, 0.717) is 11.3 Å². The molecule has 0 aromatic heterocycles. The van der Waals surface area contributed by atoms with Gasteiger partial charge in [0.05, 0.1) is 0 Å². The third-order valence-corrected chi connectivity index (χ3v) is 3.95. The second-order valence-corrected chi connectivity index (χ2v) is 7.01. The lowest BCUT2D eigenvalue weighted by atomic mass is 9.79. The van der Waals surface area contributed by atoms with Gasteiger partial charge in [0.1, 0.15) is 0 Å². The smallest absolute Gasteiger partial charge is 0.00949 e. The zero-order valence-electron chi connectivity index (χ0n) is 11.5. The second kappa shape index (κ2) is 3.35. The largest absolute Gasteiger partial charge is 0.0617 e. The molecule has 0 amide bonds. The quantitative estimate of drug-likeness (QED) is 0.586. The molecule has 0 N–H and O–H groups in total. The Hall–Kier alpha value is -0.780. The molecule has 0 bridgehead atoms. The highest BCUT2D eigenvalue weighted by Gasteiger charge is 2.37. The van der Waals surface area contributed by atoms with E-state index in [9.17, 15) is 0 Å². The van der Waals surface area contributed by atoms with Crippen LogP contribution in [0.4, 0.5) is 0 Å². The van der Waals surface area contributed by atoms with Gasteiger partial charge in [-0.05, 0) is 39.9 Å². The first-order valence-electron chi connectivity index (χ1n) is 6.37. The van der Waals surface area contributed by atoms with Crippen molar-refractivity contribution in [3.05, 3.63) is 34.9 Å². The Balaban J connectivity index is 2.66. The SMILES string of the molecule is CC1CC(C)(C)c2cccc(C(C)(C)C)c21. The van der Waals surface area contributed by atoms with Gasteiger partial charge in [-0.2, -0.15) is 0 Å². The highest BCUT2D eigenvalue weighted by molar-refractivity contribution is 5.48. The predicted molar refractivity (Wildman–Crippen MR) is 71.2 cm³/mol. The summed E-state index contributed by atoms with van der Waals surface area (Å²) >= 11 is 0. The molecule has 0 aliphatic heterocycles. The van der Waals surface area contributed by atoms with Crippen molar-refractivity contribution in [3.8, 4) is 0 Å². The third kappa shape index (κ3) is 1.69. The van der Waals surface area contributed by atoms with Crippen molar-refractivity contribution in [1.29, 1.82) is 0 Å². The van der Waals surface area contributed by atoms with Gasteiger partial charge in [0.25, 0.3) is 0 Å². The molecule has 16 heavy (non-hydrogen) atoms. The van der Waals surface area contributed by atoms with Gasteiger partial charge >= 0.3 is 0 Å². The van der Waals surface area contributed by atoms with E-state index in [1.165, 1.54) is 6.42 Å². The Morgan fingerprint density at radius 1 is 1.19 bits per heavy atom. The zero-order chi connectivity index (χ0) is 12.1. The summed E-state index contributed by atoms with van der Waals surface area (Å²) in [5.41, 5.74) is 5.37. The summed E-state index contributed by atoms with van der Waals surface area (Å²) in [6, 6.07) is 6.88. The van der Waals surface area contributed by atoms with Crippen LogP contribution < -0.4 is 0 Å². The van der Waals surface area contributed by atoms with E-state index < -0.39 is 0 Å². The van der Waals surface area contributed by atoms with E-state index in [1.807, 2.05) is 0 Å². The van der Waals surface area contributed by atoms with E-state index >= 15 is 0 Å². The van der Waals surface area contributed by atoms with Crippen LogP contribution >= 0.6 is 0 Å². The Kier molecular flexibility index (Phi) is 2.45. The number of hydrogen-bond donors (Lipinski definition) is 0. The maximum atomic E-state index is 2.38. The molecule has 2 rings (SSSR count). The molecule has 0 radical (unpaired) electrons. The molecular weight excluding hydrogens is 192 g/mol. The Morgan fingerprint density at radius 3 is 2.38 bits per heavy atom. The molecule has 1 aromatic carbocycles. The van der Waals surface area contributed by atoms with E-state index in [0.717, 1.165) is 0 Å². The van der Waals surface area contributed by atoms with Gasteiger partial charge in [-0.25, -0.2) is 0 Å². The third-order valence-electron chi connectivity index (χ3n) is 3.95. The fourth-order valence-corrected chi connectivity index (χ4v) is 3.32. The Bertz CT molecular complexity index is 405. The van der Waals surface area contributed by atoms with Crippen LogP contribution in [0.2, 0.25) is 0 Å². The first kappa shape index (κ1) is 11.7. The van der Waals surface area contributed by atoms with Crippen LogP contribution in [-0.2, 0) is 10.8 Å². The van der Waals surface area contributed by atoms with Crippen molar-refractivity contribution in [2.75, 3.05) is 0 Å². The molecular formula is C16H24. The first-order valence-corrected chi connectivity index (χ1v) is 6.37. The summed E-state index contributed by atoms with van der Waals surface area (Å²) in [6.07, 6.45) is 1.29. The molecule has 0 heterocycles. The fraction of sp³-hybridized carbons (Fsp3) is 0.625. The number of fused-ring (bicyclic) bond motifs is 1. The summed E-state index contributed by atoms with van der Waals surface area (Å²) in [4.78, 5) is 0. The van der Waals surface area contributed by atoms with Crippen molar-refractivity contribution in [2.45, 2.75) is 64.7 Å². The topological polar surface area (TPSA) is 0 Å². The van der Waals surface area contributed by atoms with Gasteiger partial charge in [-0.3, -0.25) is 0 Å². The molecule has 0 heteroatoms. The van der Waals surface area contributed by atoms with E-state index in [-0.39, 0.29) is 5.41 Å². The molecule has 0 saturated carbocycles. The van der Waals surface area contributed by atoms with E-state index in [2.05, 4.69) is 59.7 Å². The van der Waals surface area contributed by atoms with Gasteiger partial charge < -0.3 is 0 Å². The molecule has 0 saturated heterocycles. The minimum Gasteiger partial charge on any atom is -0.0617 e. The average molecular weight is 216 g/mol. The van der Waals surface area contributed by atoms with Gasteiger partial charge in [0, 0.05) is 0 Å². The summed E-state index contributed by atoms with van der Waals surface area (Å²) in [7, 11) is 0. The lowest BCUT2D eigenvalue weighted by Crippen LogP contribution is -2.16. The van der Waals surface area contributed by atoms with Crippen LogP contribution in [0.15, 0.2) is 18.2 Å². The Morgan fingerprint density at radius 2 is 1.81 bits per heavy atom. The van der Waals surface area contributed by atoms with Crippen LogP contribution in [0.1, 0.15) is 70.6 Å². The van der Waals surface area contributed by atoms with Crippen LogP contribution in [0.5, 0.6) is 0 Å². The summed E-state index contributed by atoms with van der Waals surface area (Å²) in [5.74, 6) is 0.709. The highest BCUT2D eigenvalue weighted by atomic mass is 14.4. The predicted octanol–water partition coefficient (Wildman–Crippen LogP) is 4.77. The van der Waals surface area contributed by atoms with Crippen LogP contribution in [0.25, 0.3) is 0 Å². The molecule has 1 unspecified atom stereocenters. The van der Waals surface area contributed by atoms with Gasteiger partial charge in [-0.1, -0.05) is 59.7 Å². The average Bonchev–Trinajstić information content (AvgIpc) is 2.36. The lowest BCUT2D eigenvalue weighted by molar-refractivity contribution is 0.488. The molecule has 1 aromatic rings. The van der Waals surface area contributed by atoms with Crippen molar-refractivity contribution >= 4 is 0 Å². The molecule has 0 spiro atoms. The second-order valence-electron chi connectivity index (χ2n) is 7.01. The van der Waals surface area contributed by atoms with Crippen LogP contribution in [0.3, 0.4) is 0 Å². The minimum atomic E-state index is 0.264. The molecule has 1 atom stereocenters. The molecule has 88 valence electrons. The van der Waals surface area contributed by atoms with Crippen molar-refractivity contribution in [3.63, 3.8) is 0 Å². The highest BCUT2D eigenvalue weighted by Crippen LogP contribution is 2.48. The summed E-state index contributed by atoms with van der Waals surface area (Å²) in [5, 5.41) is 0. The van der Waals surface area contributed by atoms with Gasteiger partial charge in [-0.15, -0.1) is 0 Å². The monoisotopic (exact) mass is 216 g/mol. The Labute approximate surface area is 100 Å². The molecule has 0 fully saturated rings. The van der Waals surface area contributed by atoms with Crippen LogP contribution in [0, 0.1) is 0 Å². The van der Waals surface area contributed by atoms with Crippen molar-refractivity contribution in [1.82, 2.24) is 0 Å². The lowest BCUT2D eigenvalue weighted by Gasteiger charge is -2.25. The summed E-state index contributed by atoms with van der Waals surface area (Å²) < 4.78 is 0. The van der Waals surface area contributed by atoms with Crippen molar-refractivity contribution < 1.29 is 0 Å². The normalized spacial score (nSPS) is 23.2. The number of hydrogen-bond acceptors (Lipinski definition) is 0. The van der Waals surface area contributed by atoms with Crippen molar-refractivity contribution in [2.24, 2.45) is 0 Å². The van der Waals surface area contributed by atoms with E-state index in [4.69, 9.17) is 0 Å². The van der Waals surface area contributed by atoms with Gasteiger partial charge in [0.15, 0.2) is 0 Å². The molecule has 1 aliphatic carbocycles. The standard InChI is InChI=1S/C16H24/c1-11-10-16(5,6)13-9-7-8-12(14(11)13)15(2,3)4/h7-9,11H,10H2,1-6H3. The maximum Gasteiger partial charge on any atom is -0.00949 e. The van der Waals surface area contributed by atoms with Crippen LogP contribution in [-0.4, -0.2) is 0 Å². The molecule has 0 nitrogen and oxygen atoms in total. The minimum absolute atomic E-state index is 0.264. The van der Waals surface area contributed by atoms with E-state index in [1.54, 1.807) is 16.7 Å². The number of benzene rings is 1. The fourth-order valence-electron chi connectivity index (χ4n) is 3.32. The zero-order valence-corrected chi connectivity index (χ0v) is 11.5. The first-order chi connectivity index (χ1) is 7.23. The van der Waals surface area contributed by atoms with Gasteiger partial charge in [0.2, 0.25) is 0 Å². The maximum absolute atomic E-state index is 2.38. The summed E-state index contributed by atoms with van der Waals surface area (Å²) in [6.45, 7) is 14.1. The number of rotatable bonds is 0. The molecule has 1 aliphatic rings.